The minimum Gasteiger partial charge on any atom is -0.346 e. The zero-order valence-corrected chi connectivity index (χ0v) is 14.0. The lowest BCUT2D eigenvalue weighted by atomic mass is 10.0. The molecule has 0 unspecified atom stereocenters. The molecule has 3 aromatic rings. The van der Waals surface area contributed by atoms with Gasteiger partial charge in [-0.25, -0.2) is 0 Å². The molecule has 0 radical (unpaired) electrons. The van der Waals surface area contributed by atoms with Crippen molar-refractivity contribution in [3.05, 3.63) is 95.6 Å². The van der Waals surface area contributed by atoms with Gasteiger partial charge in [0.25, 0.3) is 5.91 Å². The largest absolute Gasteiger partial charge is 0.346 e. The summed E-state index contributed by atoms with van der Waals surface area (Å²) in [5, 5.41) is 3.05. The number of hydrogen-bond donors (Lipinski definition) is 1. The second-order valence-corrected chi connectivity index (χ2v) is 6.05. The average molecular weight is 315 g/mol. The van der Waals surface area contributed by atoms with Crippen LogP contribution in [0.1, 0.15) is 34.5 Å². The van der Waals surface area contributed by atoms with Crippen molar-refractivity contribution in [3.8, 4) is 11.1 Å². The van der Waals surface area contributed by atoms with Crippen LogP contribution in [0.15, 0.2) is 78.9 Å². The molecule has 0 spiro atoms. The molecule has 0 aliphatic carbocycles. The Hall–Kier alpha value is -2.87. The van der Waals surface area contributed by atoms with E-state index < -0.39 is 0 Å². The summed E-state index contributed by atoms with van der Waals surface area (Å²) in [6, 6.07) is 26.2. The van der Waals surface area contributed by atoms with Crippen molar-refractivity contribution in [1.82, 2.24) is 5.32 Å². The van der Waals surface area contributed by atoms with Gasteiger partial charge in [0.05, 0.1) is 6.04 Å². The van der Waals surface area contributed by atoms with Crippen LogP contribution in [0.3, 0.4) is 0 Å². The fourth-order valence-corrected chi connectivity index (χ4v) is 2.66. The van der Waals surface area contributed by atoms with Gasteiger partial charge < -0.3 is 5.32 Å². The summed E-state index contributed by atoms with van der Waals surface area (Å²) in [6.07, 6.45) is 0. The minimum absolute atomic E-state index is 0.0383. The predicted octanol–water partition coefficient (Wildman–Crippen LogP) is 5.15. The van der Waals surface area contributed by atoms with Crippen LogP contribution in [0.25, 0.3) is 11.1 Å². The van der Waals surface area contributed by atoms with Crippen LogP contribution in [-0.2, 0) is 0 Å². The van der Waals surface area contributed by atoms with E-state index in [2.05, 4.69) is 41.7 Å². The van der Waals surface area contributed by atoms with Crippen molar-refractivity contribution < 1.29 is 4.79 Å². The van der Waals surface area contributed by atoms with Gasteiger partial charge in [-0.1, -0.05) is 72.3 Å². The van der Waals surface area contributed by atoms with Gasteiger partial charge in [0.1, 0.15) is 0 Å². The SMILES string of the molecule is Cc1ccc(C(=O)N[C@@H](C)c2ccc(-c3ccccc3)cc2)cc1. The van der Waals surface area contributed by atoms with Crippen LogP contribution in [0.4, 0.5) is 0 Å². The van der Waals surface area contributed by atoms with E-state index in [9.17, 15) is 4.79 Å². The summed E-state index contributed by atoms with van der Waals surface area (Å²) in [5.41, 5.74) is 5.30. The summed E-state index contributed by atoms with van der Waals surface area (Å²) < 4.78 is 0. The molecule has 24 heavy (non-hydrogen) atoms. The fourth-order valence-electron chi connectivity index (χ4n) is 2.66. The van der Waals surface area contributed by atoms with Crippen LogP contribution < -0.4 is 5.32 Å². The van der Waals surface area contributed by atoms with Crippen molar-refractivity contribution in [2.45, 2.75) is 19.9 Å². The van der Waals surface area contributed by atoms with E-state index in [1.165, 1.54) is 11.1 Å². The maximum Gasteiger partial charge on any atom is 0.251 e. The van der Waals surface area contributed by atoms with E-state index in [0.29, 0.717) is 5.56 Å². The molecule has 3 rings (SSSR count). The first-order chi connectivity index (χ1) is 11.6. The molecule has 1 amide bonds. The molecule has 0 fully saturated rings. The number of carbonyl (C=O) groups is 1. The number of amides is 1. The van der Waals surface area contributed by atoms with Crippen molar-refractivity contribution in [2.24, 2.45) is 0 Å². The zero-order chi connectivity index (χ0) is 16.9. The number of aryl methyl sites for hydroxylation is 1. The van der Waals surface area contributed by atoms with Gasteiger partial charge in [-0.05, 0) is 42.7 Å². The summed E-state index contributed by atoms with van der Waals surface area (Å²) in [4.78, 5) is 12.3. The molecule has 0 aliphatic rings. The molecule has 120 valence electrons. The number of benzene rings is 3. The highest BCUT2D eigenvalue weighted by molar-refractivity contribution is 5.94. The Balaban J connectivity index is 1.70. The van der Waals surface area contributed by atoms with Gasteiger partial charge in [0, 0.05) is 5.56 Å². The third-order valence-corrected chi connectivity index (χ3v) is 4.18. The van der Waals surface area contributed by atoms with Gasteiger partial charge in [0.2, 0.25) is 0 Å². The summed E-state index contributed by atoms with van der Waals surface area (Å²) in [6.45, 7) is 4.02. The highest BCUT2D eigenvalue weighted by Crippen LogP contribution is 2.22. The van der Waals surface area contributed by atoms with E-state index in [0.717, 1.165) is 11.1 Å². The average Bonchev–Trinajstić information content (AvgIpc) is 2.63. The highest BCUT2D eigenvalue weighted by atomic mass is 16.1. The zero-order valence-electron chi connectivity index (χ0n) is 14.0. The first-order valence-electron chi connectivity index (χ1n) is 8.16. The molecule has 1 atom stereocenters. The second kappa shape index (κ2) is 7.14. The maximum absolute atomic E-state index is 12.3. The van der Waals surface area contributed by atoms with Gasteiger partial charge in [-0.15, -0.1) is 0 Å². The van der Waals surface area contributed by atoms with Crippen molar-refractivity contribution in [2.75, 3.05) is 0 Å². The molecular weight excluding hydrogens is 294 g/mol. The molecule has 1 N–H and O–H groups in total. The van der Waals surface area contributed by atoms with Crippen LogP contribution in [0.5, 0.6) is 0 Å². The topological polar surface area (TPSA) is 29.1 Å². The molecule has 3 aromatic carbocycles. The molecule has 0 aromatic heterocycles. The lowest BCUT2D eigenvalue weighted by molar-refractivity contribution is 0.0940. The number of rotatable bonds is 4. The number of nitrogens with one attached hydrogen (secondary N) is 1. The first-order valence-corrected chi connectivity index (χ1v) is 8.16. The standard InChI is InChI=1S/C22H21NO/c1-16-8-10-21(11-9-16)22(24)23-17(2)18-12-14-20(15-13-18)19-6-4-3-5-7-19/h3-15,17H,1-2H3,(H,23,24)/t17-/m0/s1. The van der Waals surface area contributed by atoms with Crippen molar-refractivity contribution in [3.63, 3.8) is 0 Å². The Bertz CT molecular complexity index is 805. The molecule has 2 heteroatoms. The fraction of sp³-hybridized carbons (Fsp3) is 0.136. The third-order valence-electron chi connectivity index (χ3n) is 4.18. The lowest BCUT2D eigenvalue weighted by Crippen LogP contribution is -2.26. The van der Waals surface area contributed by atoms with Crippen LogP contribution in [0.2, 0.25) is 0 Å². The molecule has 2 nitrogen and oxygen atoms in total. The Morgan fingerprint density at radius 1 is 0.792 bits per heavy atom. The normalized spacial score (nSPS) is 11.8. The first kappa shape index (κ1) is 16.0. The van der Waals surface area contributed by atoms with Gasteiger partial charge in [0.15, 0.2) is 0 Å². The van der Waals surface area contributed by atoms with Gasteiger partial charge in [-0.3, -0.25) is 4.79 Å². The second-order valence-electron chi connectivity index (χ2n) is 6.05. The predicted molar refractivity (Wildman–Crippen MR) is 98.9 cm³/mol. The Kier molecular flexibility index (Phi) is 4.76. The monoisotopic (exact) mass is 315 g/mol. The summed E-state index contributed by atoms with van der Waals surface area (Å²) in [5.74, 6) is -0.0466. The van der Waals surface area contributed by atoms with Crippen LogP contribution >= 0.6 is 0 Å². The van der Waals surface area contributed by atoms with Gasteiger partial charge >= 0.3 is 0 Å². The summed E-state index contributed by atoms with van der Waals surface area (Å²) in [7, 11) is 0. The summed E-state index contributed by atoms with van der Waals surface area (Å²) >= 11 is 0. The molecule has 0 bridgehead atoms. The van der Waals surface area contributed by atoms with Gasteiger partial charge in [-0.2, -0.15) is 0 Å². The Morgan fingerprint density at radius 3 is 2.00 bits per heavy atom. The smallest absolute Gasteiger partial charge is 0.251 e. The van der Waals surface area contributed by atoms with Crippen LogP contribution in [-0.4, -0.2) is 5.91 Å². The molecule has 0 heterocycles. The van der Waals surface area contributed by atoms with Crippen molar-refractivity contribution >= 4 is 5.91 Å². The van der Waals surface area contributed by atoms with E-state index >= 15 is 0 Å². The minimum atomic E-state index is -0.0466. The number of hydrogen-bond acceptors (Lipinski definition) is 1. The highest BCUT2D eigenvalue weighted by Gasteiger charge is 2.11. The third kappa shape index (κ3) is 3.72. The van der Waals surface area contributed by atoms with Crippen LogP contribution in [0, 0.1) is 6.92 Å². The van der Waals surface area contributed by atoms with Crippen molar-refractivity contribution in [1.29, 1.82) is 0 Å². The lowest BCUT2D eigenvalue weighted by Gasteiger charge is -2.15. The maximum atomic E-state index is 12.3. The molecule has 0 saturated heterocycles. The Morgan fingerprint density at radius 2 is 1.38 bits per heavy atom. The van der Waals surface area contributed by atoms with E-state index in [1.54, 1.807) is 0 Å². The number of carbonyl (C=O) groups excluding carboxylic acids is 1. The quantitative estimate of drug-likeness (QED) is 0.708. The Labute approximate surface area is 143 Å². The molecule has 0 aliphatic heterocycles. The van der Waals surface area contributed by atoms with E-state index in [4.69, 9.17) is 0 Å². The molecule has 0 saturated carbocycles. The van der Waals surface area contributed by atoms with E-state index in [1.807, 2.05) is 56.3 Å². The van der Waals surface area contributed by atoms with E-state index in [-0.39, 0.29) is 11.9 Å². The molecular formula is C22H21NO.